The predicted octanol–water partition coefficient (Wildman–Crippen LogP) is 4.02. The van der Waals surface area contributed by atoms with Crippen molar-refractivity contribution in [2.75, 3.05) is 13.1 Å². The molecule has 1 aliphatic heterocycles. The highest BCUT2D eigenvalue weighted by Gasteiger charge is 2.39. The van der Waals surface area contributed by atoms with Gasteiger partial charge < -0.3 is 16.0 Å². The number of carbonyl (C=O) groups excluding carboxylic acids is 2. The minimum Gasteiger partial charge on any atom is -0.352 e. The molecule has 2 atom stereocenters. The molecule has 2 aromatic carbocycles. The zero-order valence-electron chi connectivity index (χ0n) is 17.9. The summed E-state index contributed by atoms with van der Waals surface area (Å²) in [6, 6.07) is 8.94. The average molecular weight is 487 g/mol. The second-order valence-corrected chi connectivity index (χ2v) is 8.13. The first-order valence-corrected chi connectivity index (χ1v) is 10.5. The number of nitrogens with zero attached hydrogens (tertiary/aromatic N) is 1. The molecule has 1 fully saturated rings. The summed E-state index contributed by atoms with van der Waals surface area (Å²) in [4.78, 5) is 26.2. The highest BCUT2D eigenvalue weighted by atomic mass is 19.4. The third-order valence-corrected chi connectivity index (χ3v) is 5.68. The summed E-state index contributed by atoms with van der Waals surface area (Å²) in [6.45, 7) is -0.184. The molecule has 5 nitrogen and oxygen atoms in total. The second-order valence-electron chi connectivity index (χ2n) is 8.13. The molecule has 1 aliphatic rings. The van der Waals surface area contributed by atoms with Crippen LogP contribution in [0.3, 0.4) is 0 Å². The monoisotopic (exact) mass is 487 g/mol. The smallest absolute Gasteiger partial charge is 0.352 e. The summed E-state index contributed by atoms with van der Waals surface area (Å²) in [5.41, 5.74) is 2.38. The summed E-state index contributed by atoms with van der Waals surface area (Å²) >= 11 is 0. The Hall–Kier alpha value is -3.08. The maximum atomic E-state index is 13.3. The molecule has 184 valence electrons. The third-order valence-electron chi connectivity index (χ3n) is 5.68. The molecule has 3 N–H and O–H groups in total. The lowest BCUT2D eigenvalue weighted by atomic mass is 9.91. The second kappa shape index (κ2) is 10.0. The molecule has 0 bridgehead atoms. The standard InChI is InChI=1S/C23H23F6N3O2/c24-22(25,26)16-9-15(10-17(11-16)23(27,28)29)21(34)32-7-6-18(31-20(33)13-30)12-19(32)8-14-4-2-1-3-5-14/h1-5,9-11,18-19H,6-8,12-13,30H2,(H,31,33)/t18-,19+/m0/s1. The predicted molar refractivity (Wildman–Crippen MR) is 112 cm³/mol. The number of hydrogen-bond donors (Lipinski definition) is 2. The van der Waals surface area contributed by atoms with Crippen molar-refractivity contribution in [1.82, 2.24) is 10.2 Å². The fraction of sp³-hybridized carbons (Fsp3) is 0.391. The number of amides is 2. The van der Waals surface area contributed by atoms with Crippen LogP contribution in [0.2, 0.25) is 0 Å². The van der Waals surface area contributed by atoms with Gasteiger partial charge in [-0.2, -0.15) is 26.3 Å². The van der Waals surface area contributed by atoms with E-state index in [1.807, 2.05) is 0 Å². The Morgan fingerprint density at radius 2 is 1.56 bits per heavy atom. The lowest BCUT2D eigenvalue weighted by Gasteiger charge is -2.40. The molecule has 0 unspecified atom stereocenters. The van der Waals surface area contributed by atoms with Gasteiger partial charge in [0.25, 0.3) is 5.91 Å². The molecular weight excluding hydrogens is 464 g/mol. The van der Waals surface area contributed by atoms with Gasteiger partial charge >= 0.3 is 12.4 Å². The largest absolute Gasteiger partial charge is 0.416 e. The van der Waals surface area contributed by atoms with E-state index in [0.717, 1.165) is 5.56 Å². The first kappa shape index (κ1) is 25.5. The summed E-state index contributed by atoms with van der Waals surface area (Å²) in [6.07, 6.45) is -9.24. The molecule has 34 heavy (non-hydrogen) atoms. The summed E-state index contributed by atoms with van der Waals surface area (Å²) in [5.74, 6) is -1.32. The van der Waals surface area contributed by atoms with Crippen LogP contribution in [0.4, 0.5) is 26.3 Å². The molecule has 3 rings (SSSR count). The van der Waals surface area contributed by atoms with Gasteiger partial charge in [-0.25, -0.2) is 0 Å². The van der Waals surface area contributed by atoms with Gasteiger partial charge in [0.2, 0.25) is 5.91 Å². The number of nitrogens with one attached hydrogen (secondary N) is 1. The van der Waals surface area contributed by atoms with Crippen LogP contribution in [-0.4, -0.2) is 41.9 Å². The fourth-order valence-electron chi connectivity index (χ4n) is 4.06. The van der Waals surface area contributed by atoms with Crippen molar-refractivity contribution >= 4 is 11.8 Å². The summed E-state index contributed by atoms with van der Waals surface area (Å²) < 4.78 is 79.6. The van der Waals surface area contributed by atoms with E-state index in [1.54, 1.807) is 30.3 Å². The Bertz CT molecular complexity index is 991. The number of piperidine rings is 1. The Morgan fingerprint density at radius 1 is 0.971 bits per heavy atom. The topological polar surface area (TPSA) is 75.4 Å². The number of rotatable bonds is 5. The first-order chi connectivity index (χ1) is 15.9. The zero-order valence-corrected chi connectivity index (χ0v) is 17.9. The molecule has 11 heteroatoms. The quantitative estimate of drug-likeness (QED) is 0.626. The number of nitrogens with two attached hydrogens (primary N) is 1. The van der Waals surface area contributed by atoms with E-state index in [9.17, 15) is 35.9 Å². The number of hydrogen-bond acceptors (Lipinski definition) is 3. The molecule has 2 amide bonds. The van der Waals surface area contributed by atoms with Gasteiger partial charge in [0, 0.05) is 24.2 Å². The van der Waals surface area contributed by atoms with Gasteiger partial charge in [0.15, 0.2) is 0 Å². The van der Waals surface area contributed by atoms with E-state index in [0.29, 0.717) is 18.6 Å². The van der Waals surface area contributed by atoms with Gasteiger partial charge in [-0.15, -0.1) is 0 Å². The number of benzene rings is 2. The van der Waals surface area contributed by atoms with Crippen molar-refractivity contribution in [2.45, 2.75) is 43.7 Å². The summed E-state index contributed by atoms with van der Waals surface area (Å²) in [7, 11) is 0. The van der Waals surface area contributed by atoms with Crippen LogP contribution < -0.4 is 11.1 Å². The molecule has 0 aliphatic carbocycles. The lowest BCUT2D eigenvalue weighted by Crippen LogP contribution is -2.53. The van der Waals surface area contributed by atoms with Gasteiger partial charge in [0.05, 0.1) is 17.7 Å². The molecule has 0 aromatic heterocycles. The number of alkyl halides is 6. The van der Waals surface area contributed by atoms with Crippen molar-refractivity contribution in [2.24, 2.45) is 5.73 Å². The highest BCUT2D eigenvalue weighted by molar-refractivity contribution is 5.95. The van der Waals surface area contributed by atoms with E-state index >= 15 is 0 Å². The fourth-order valence-corrected chi connectivity index (χ4v) is 4.06. The number of carbonyl (C=O) groups is 2. The first-order valence-electron chi connectivity index (χ1n) is 10.5. The average Bonchev–Trinajstić information content (AvgIpc) is 2.78. The Morgan fingerprint density at radius 3 is 2.09 bits per heavy atom. The normalized spacial score (nSPS) is 19.1. The van der Waals surface area contributed by atoms with Crippen LogP contribution >= 0.6 is 0 Å². The van der Waals surface area contributed by atoms with E-state index < -0.39 is 46.9 Å². The van der Waals surface area contributed by atoms with Crippen LogP contribution in [0, 0.1) is 0 Å². The summed E-state index contributed by atoms with van der Waals surface area (Å²) in [5, 5.41) is 2.74. The van der Waals surface area contributed by atoms with Gasteiger partial charge in [0.1, 0.15) is 0 Å². The van der Waals surface area contributed by atoms with E-state index in [4.69, 9.17) is 5.73 Å². The van der Waals surface area contributed by atoms with Gasteiger partial charge in [-0.05, 0) is 43.0 Å². The Balaban J connectivity index is 1.95. The van der Waals surface area contributed by atoms with E-state index in [1.165, 1.54) is 4.90 Å². The molecule has 1 heterocycles. The number of likely N-dealkylation sites (tertiary alicyclic amines) is 1. The molecule has 0 saturated carbocycles. The van der Waals surface area contributed by atoms with Crippen molar-refractivity contribution in [3.63, 3.8) is 0 Å². The maximum Gasteiger partial charge on any atom is 0.416 e. The van der Waals surface area contributed by atoms with Gasteiger partial charge in [-0.1, -0.05) is 30.3 Å². The minimum absolute atomic E-state index is 0.00713. The molecule has 2 aromatic rings. The molecular formula is C23H23F6N3O2. The maximum absolute atomic E-state index is 13.3. The van der Waals surface area contributed by atoms with Gasteiger partial charge in [-0.3, -0.25) is 9.59 Å². The molecule has 1 saturated heterocycles. The Kier molecular flexibility index (Phi) is 7.54. The Labute approximate surface area is 191 Å². The van der Waals surface area contributed by atoms with Crippen molar-refractivity contribution < 1.29 is 35.9 Å². The van der Waals surface area contributed by atoms with Crippen LogP contribution in [0.1, 0.15) is 39.9 Å². The van der Waals surface area contributed by atoms with Crippen LogP contribution in [0.15, 0.2) is 48.5 Å². The van der Waals surface area contributed by atoms with Crippen LogP contribution in [0.5, 0.6) is 0 Å². The van der Waals surface area contributed by atoms with E-state index in [-0.39, 0.29) is 38.0 Å². The van der Waals surface area contributed by atoms with Crippen LogP contribution in [0.25, 0.3) is 0 Å². The minimum atomic E-state index is -5.06. The molecule has 0 radical (unpaired) electrons. The van der Waals surface area contributed by atoms with Crippen molar-refractivity contribution in [3.8, 4) is 0 Å². The number of halogens is 6. The van der Waals surface area contributed by atoms with Crippen molar-refractivity contribution in [3.05, 3.63) is 70.8 Å². The SMILES string of the molecule is NCC(=O)N[C@H]1CCN(C(=O)c2cc(C(F)(F)F)cc(C(F)(F)F)c2)[C@H](Cc2ccccc2)C1. The van der Waals surface area contributed by atoms with Crippen molar-refractivity contribution in [1.29, 1.82) is 0 Å². The van der Waals surface area contributed by atoms with Crippen LogP contribution in [-0.2, 0) is 23.6 Å². The zero-order chi connectivity index (χ0) is 25.1. The highest BCUT2D eigenvalue weighted by Crippen LogP contribution is 2.37. The van der Waals surface area contributed by atoms with E-state index in [2.05, 4.69) is 5.32 Å². The lowest BCUT2D eigenvalue weighted by molar-refractivity contribution is -0.143. The molecule has 0 spiro atoms. The third kappa shape index (κ3) is 6.28.